The molecule has 0 N–H and O–H groups in total. The van der Waals surface area contributed by atoms with Crippen molar-refractivity contribution in [3.8, 4) is 0 Å². The molecule has 0 spiro atoms. The van der Waals surface area contributed by atoms with Crippen LogP contribution in [0.2, 0.25) is 0 Å². The molecule has 106 valence electrons. The van der Waals surface area contributed by atoms with E-state index in [4.69, 9.17) is 0 Å². The number of carbonyl (C=O) groups is 1. The number of anilines is 1. The van der Waals surface area contributed by atoms with Gasteiger partial charge in [0.15, 0.2) is 5.69 Å². The summed E-state index contributed by atoms with van der Waals surface area (Å²) in [6.07, 6.45) is -4.62. The first-order valence-corrected chi connectivity index (χ1v) is 6.70. The third-order valence-corrected chi connectivity index (χ3v) is 3.47. The average Bonchev–Trinajstić information content (AvgIpc) is 2.90. The minimum Gasteiger partial charge on any atom is -0.308 e. The molecule has 2 aromatic rings. The molecule has 0 aliphatic heterocycles. The zero-order chi connectivity index (χ0) is 14.8. The highest BCUT2D eigenvalue weighted by Gasteiger charge is 2.39. The maximum Gasteiger partial charge on any atom is 0.434 e. The predicted octanol–water partition coefficient (Wildman–Crippen LogP) is 3.83. The molecule has 0 saturated carbocycles. The Kier molecular flexibility index (Phi) is 4.08. The number of thiazole rings is 1. The lowest BCUT2D eigenvalue weighted by Crippen LogP contribution is -2.31. The van der Waals surface area contributed by atoms with Gasteiger partial charge in [-0.3, -0.25) is 4.79 Å². The highest BCUT2D eigenvalue weighted by molar-refractivity contribution is 7.12. The maximum absolute atomic E-state index is 12.8. The number of alkyl halides is 3. The van der Waals surface area contributed by atoms with Crippen LogP contribution in [-0.2, 0) is 6.18 Å². The summed E-state index contributed by atoms with van der Waals surface area (Å²) in [7, 11) is 0. The van der Waals surface area contributed by atoms with Crippen LogP contribution in [-0.4, -0.2) is 17.4 Å². The zero-order valence-electron chi connectivity index (χ0n) is 10.5. The van der Waals surface area contributed by atoms with Crippen molar-refractivity contribution < 1.29 is 18.0 Å². The largest absolute Gasteiger partial charge is 0.434 e. The average molecular weight is 300 g/mol. The van der Waals surface area contributed by atoms with Crippen molar-refractivity contribution in [3.05, 3.63) is 46.4 Å². The van der Waals surface area contributed by atoms with Crippen LogP contribution in [0.5, 0.6) is 0 Å². The van der Waals surface area contributed by atoms with Crippen molar-refractivity contribution in [2.45, 2.75) is 13.1 Å². The molecular weight excluding hydrogens is 289 g/mol. The van der Waals surface area contributed by atoms with Crippen molar-refractivity contribution in [1.82, 2.24) is 4.98 Å². The Balaban J connectivity index is 2.38. The fourth-order valence-electron chi connectivity index (χ4n) is 1.77. The Morgan fingerprint density at radius 3 is 2.50 bits per heavy atom. The molecule has 3 nitrogen and oxygen atoms in total. The highest BCUT2D eigenvalue weighted by atomic mass is 32.1. The van der Waals surface area contributed by atoms with Crippen LogP contribution in [0.1, 0.15) is 22.3 Å². The summed E-state index contributed by atoms with van der Waals surface area (Å²) >= 11 is 0.701. The van der Waals surface area contributed by atoms with E-state index in [0.717, 1.165) is 5.51 Å². The molecule has 0 aliphatic rings. The zero-order valence-corrected chi connectivity index (χ0v) is 11.3. The summed E-state index contributed by atoms with van der Waals surface area (Å²) in [5, 5.41) is 0. The topological polar surface area (TPSA) is 33.2 Å². The van der Waals surface area contributed by atoms with Gasteiger partial charge in [0, 0.05) is 12.2 Å². The number of carbonyl (C=O) groups excluding carboxylic acids is 1. The van der Waals surface area contributed by atoms with Gasteiger partial charge >= 0.3 is 6.18 Å². The van der Waals surface area contributed by atoms with Gasteiger partial charge in [-0.1, -0.05) is 18.2 Å². The van der Waals surface area contributed by atoms with E-state index in [1.807, 2.05) is 0 Å². The number of hydrogen-bond donors (Lipinski definition) is 0. The van der Waals surface area contributed by atoms with Gasteiger partial charge < -0.3 is 4.90 Å². The molecule has 0 unspecified atom stereocenters. The Labute approximate surface area is 117 Å². The minimum atomic E-state index is -4.62. The molecule has 0 saturated heterocycles. The van der Waals surface area contributed by atoms with E-state index < -0.39 is 17.8 Å². The second-order valence-electron chi connectivity index (χ2n) is 3.91. The molecule has 2 rings (SSSR count). The van der Waals surface area contributed by atoms with Gasteiger partial charge in [0.25, 0.3) is 5.91 Å². The van der Waals surface area contributed by atoms with Crippen molar-refractivity contribution in [1.29, 1.82) is 0 Å². The van der Waals surface area contributed by atoms with Crippen LogP contribution < -0.4 is 4.90 Å². The van der Waals surface area contributed by atoms with Crippen LogP contribution in [0.3, 0.4) is 0 Å². The third kappa shape index (κ3) is 2.82. The van der Waals surface area contributed by atoms with Crippen LogP contribution in [0.25, 0.3) is 0 Å². The minimum absolute atomic E-state index is 0.276. The van der Waals surface area contributed by atoms with Gasteiger partial charge in [0.05, 0.1) is 5.51 Å². The highest BCUT2D eigenvalue weighted by Crippen LogP contribution is 2.33. The van der Waals surface area contributed by atoms with Crippen LogP contribution in [0.15, 0.2) is 35.8 Å². The molecule has 1 heterocycles. The van der Waals surface area contributed by atoms with E-state index in [1.165, 1.54) is 4.90 Å². The molecular formula is C13H11F3N2OS. The fraction of sp³-hybridized carbons (Fsp3) is 0.231. The predicted molar refractivity (Wildman–Crippen MR) is 70.9 cm³/mol. The lowest BCUT2D eigenvalue weighted by Gasteiger charge is -2.20. The van der Waals surface area contributed by atoms with Gasteiger partial charge in [0.2, 0.25) is 0 Å². The number of rotatable bonds is 3. The Bertz CT molecular complexity index is 595. The number of benzene rings is 1. The molecule has 0 fully saturated rings. The first kappa shape index (κ1) is 14.5. The van der Waals surface area contributed by atoms with E-state index in [0.29, 0.717) is 17.0 Å². The van der Waals surface area contributed by atoms with Crippen molar-refractivity contribution >= 4 is 22.9 Å². The summed E-state index contributed by atoms with van der Waals surface area (Å²) in [5.74, 6) is -0.687. The first-order valence-electron chi connectivity index (χ1n) is 5.82. The molecule has 0 radical (unpaired) electrons. The number of amides is 1. The van der Waals surface area contributed by atoms with Gasteiger partial charge in [-0.15, -0.1) is 11.3 Å². The maximum atomic E-state index is 12.8. The van der Waals surface area contributed by atoms with Gasteiger partial charge in [-0.05, 0) is 19.1 Å². The van der Waals surface area contributed by atoms with Crippen LogP contribution >= 0.6 is 11.3 Å². The number of hydrogen-bond acceptors (Lipinski definition) is 3. The lowest BCUT2D eigenvalue weighted by atomic mass is 10.2. The van der Waals surface area contributed by atoms with Crippen molar-refractivity contribution in [2.75, 3.05) is 11.4 Å². The quantitative estimate of drug-likeness (QED) is 0.863. The molecule has 0 atom stereocenters. The number of nitrogens with zero attached hydrogens (tertiary/aromatic N) is 2. The third-order valence-electron chi connectivity index (χ3n) is 2.66. The SMILES string of the molecule is CCN(C(=O)c1scnc1C(F)(F)F)c1ccccc1. The number of aromatic nitrogens is 1. The summed E-state index contributed by atoms with van der Waals surface area (Å²) in [6, 6.07) is 8.58. The van der Waals surface area contributed by atoms with E-state index >= 15 is 0 Å². The van der Waals surface area contributed by atoms with E-state index in [9.17, 15) is 18.0 Å². The summed E-state index contributed by atoms with van der Waals surface area (Å²) in [4.78, 5) is 16.5. The number of halogens is 3. The second-order valence-corrected chi connectivity index (χ2v) is 4.77. The van der Waals surface area contributed by atoms with E-state index in [-0.39, 0.29) is 11.4 Å². The molecule has 0 aliphatic carbocycles. The van der Waals surface area contributed by atoms with Gasteiger partial charge in [-0.2, -0.15) is 13.2 Å². The summed E-state index contributed by atoms with van der Waals surface area (Å²) in [6.45, 7) is 1.98. The Morgan fingerprint density at radius 2 is 1.95 bits per heavy atom. The van der Waals surface area contributed by atoms with Gasteiger partial charge in [0.1, 0.15) is 4.88 Å². The molecule has 1 aromatic carbocycles. The standard InChI is InChI=1S/C13H11F3N2OS/c1-2-18(9-6-4-3-5-7-9)12(19)10-11(13(14,15)16)17-8-20-10/h3-8H,2H2,1H3. The molecule has 1 aromatic heterocycles. The number of para-hydroxylation sites is 1. The second kappa shape index (κ2) is 5.62. The monoisotopic (exact) mass is 300 g/mol. The molecule has 20 heavy (non-hydrogen) atoms. The van der Waals surface area contributed by atoms with E-state index in [2.05, 4.69) is 4.98 Å². The van der Waals surface area contributed by atoms with Crippen molar-refractivity contribution in [2.24, 2.45) is 0 Å². The molecule has 7 heteroatoms. The first-order chi connectivity index (χ1) is 9.45. The van der Waals surface area contributed by atoms with Crippen LogP contribution in [0, 0.1) is 0 Å². The normalized spacial score (nSPS) is 11.4. The Hall–Kier alpha value is -1.89. The molecule has 1 amide bonds. The fourth-order valence-corrected chi connectivity index (χ4v) is 2.53. The lowest BCUT2D eigenvalue weighted by molar-refractivity contribution is -0.141. The molecule has 0 bridgehead atoms. The van der Waals surface area contributed by atoms with E-state index in [1.54, 1.807) is 37.3 Å². The smallest absolute Gasteiger partial charge is 0.308 e. The Morgan fingerprint density at radius 1 is 1.30 bits per heavy atom. The summed E-state index contributed by atoms with van der Waals surface area (Å²) < 4.78 is 38.4. The van der Waals surface area contributed by atoms with Crippen molar-refractivity contribution in [3.63, 3.8) is 0 Å². The van der Waals surface area contributed by atoms with Crippen LogP contribution in [0.4, 0.5) is 18.9 Å². The van der Waals surface area contributed by atoms with Gasteiger partial charge in [-0.25, -0.2) is 4.98 Å². The summed E-state index contributed by atoms with van der Waals surface area (Å²) in [5.41, 5.74) is 0.470.